The number of benzene rings is 1. The van der Waals surface area contributed by atoms with E-state index in [1.807, 2.05) is 4.90 Å². The number of carbonyl (C=O) groups excluding carboxylic acids is 1. The second-order valence-electron chi connectivity index (χ2n) is 6.92. The highest BCUT2D eigenvalue weighted by Crippen LogP contribution is 2.39. The summed E-state index contributed by atoms with van der Waals surface area (Å²) in [4.78, 5) is 14.6. The van der Waals surface area contributed by atoms with Crippen molar-refractivity contribution in [3.8, 4) is 0 Å². The second-order valence-corrected chi connectivity index (χ2v) is 9.06. The predicted molar refractivity (Wildman–Crippen MR) is 91.1 cm³/mol. The number of nitrogens with zero attached hydrogens (tertiary/aromatic N) is 1. The van der Waals surface area contributed by atoms with Gasteiger partial charge in [-0.2, -0.15) is 0 Å². The third kappa shape index (κ3) is 4.47. The van der Waals surface area contributed by atoms with Crippen molar-refractivity contribution in [3.05, 3.63) is 29.8 Å². The first-order valence-corrected chi connectivity index (χ1v) is 10.3. The first-order chi connectivity index (χ1) is 10.8. The van der Waals surface area contributed by atoms with Gasteiger partial charge in [0.15, 0.2) is 9.84 Å². The molecule has 2 amide bonds. The van der Waals surface area contributed by atoms with Crippen molar-refractivity contribution < 1.29 is 13.2 Å². The molecule has 1 N–H and O–H groups in total. The Balaban J connectivity index is 1.70. The van der Waals surface area contributed by atoms with E-state index in [-0.39, 0.29) is 17.8 Å². The molecule has 0 aromatic heterocycles. The molecule has 0 radical (unpaired) electrons. The van der Waals surface area contributed by atoms with Crippen LogP contribution in [0.25, 0.3) is 0 Å². The van der Waals surface area contributed by atoms with E-state index in [1.54, 1.807) is 24.3 Å². The zero-order valence-corrected chi connectivity index (χ0v) is 14.5. The summed E-state index contributed by atoms with van der Waals surface area (Å²) in [6.45, 7) is 2.13. The maximum absolute atomic E-state index is 12.7. The standard InChI is InChI=1S/C17H24N2O3S/c1-12(14-6-7-14)19(16-8-9-16)17(20)18-15-5-3-4-13(10-15)11-23(2,21)22/h3-5,10,12,14,16H,6-9,11H2,1-2H3,(H,18,20). The molecule has 2 aliphatic carbocycles. The number of hydrogen-bond acceptors (Lipinski definition) is 3. The monoisotopic (exact) mass is 336 g/mol. The Bertz CT molecular complexity index is 694. The van der Waals surface area contributed by atoms with Gasteiger partial charge in [0, 0.05) is 24.0 Å². The van der Waals surface area contributed by atoms with Crippen molar-refractivity contribution in [3.63, 3.8) is 0 Å². The topological polar surface area (TPSA) is 66.5 Å². The molecule has 2 fully saturated rings. The lowest BCUT2D eigenvalue weighted by Crippen LogP contribution is -2.44. The lowest BCUT2D eigenvalue weighted by molar-refractivity contribution is 0.180. The fourth-order valence-corrected chi connectivity index (χ4v) is 3.86. The summed E-state index contributed by atoms with van der Waals surface area (Å²) >= 11 is 0. The molecule has 1 atom stereocenters. The van der Waals surface area contributed by atoms with Crippen molar-refractivity contribution in [2.24, 2.45) is 5.92 Å². The van der Waals surface area contributed by atoms with E-state index in [0.717, 1.165) is 12.8 Å². The summed E-state index contributed by atoms with van der Waals surface area (Å²) in [5.41, 5.74) is 1.35. The number of anilines is 1. The van der Waals surface area contributed by atoms with Gasteiger partial charge in [-0.15, -0.1) is 0 Å². The van der Waals surface area contributed by atoms with Crippen LogP contribution in [-0.4, -0.2) is 37.7 Å². The van der Waals surface area contributed by atoms with Crippen LogP contribution in [0, 0.1) is 5.92 Å². The summed E-state index contributed by atoms with van der Waals surface area (Å²) < 4.78 is 22.8. The van der Waals surface area contributed by atoms with Gasteiger partial charge in [-0.1, -0.05) is 12.1 Å². The van der Waals surface area contributed by atoms with Crippen LogP contribution in [0.4, 0.5) is 10.5 Å². The summed E-state index contributed by atoms with van der Waals surface area (Å²) in [5, 5.41) is 2.95. The molecule has 1 unspecified atom stereocenters. The van der Waals surface area contributed by atoms with Gasteiger partial charge in [-0.05, 0) is 56.2 Å². The number of hydrogen-bond donors (Lipinski definition) is 1. The summed E-state index contributed by atoms with van der Waals surface area (Å²) in [6, 6.07) is 7.67. The van der Waals surface area contributed by atoms with Gasteiger partial charge >= 0.3 is 6.03 Å². The Kier molecular flexibility index (Phi) is 4.36. The minimum atomic E-state index is -3.08. The first kappa shape index (κ1) is 16.3. The van der Waals surface area contributed by atoms with Crippen LogP contribution in [0.1, 0.15) is 38.2 Å². The van der Waals surface area contributed by atoms with Gasteiger partial charge in [-0.25, -0.2) is 13.2 Å². The number of nitrogens with one attached hydrogen (secondary N) is 1. The smallest absolute Gasteiger partial charge is 0.319 e. The van der Waals surface area contributed by atoms with E-state index >= 15 is 0 Å². The molecule has 0 aliphatic heterocycles. The van der Waals surface area contributed by atoms with E-state index in [4.69, 9.17) is 0 Å². The van der Waals surface area contributed by atoms with Crippen molar-refractivity contribution in [1.29, 1.82) is 0 Å². The first-order valence-electron chi connectivity index (χ1n) is 8.19. The fraction of sp³-hybridized carbons (Fsp3) is 0.588. The molecule has 6 heteroatoms. The highest BCUT2D eigenvalue weighted by atomic mass is 32.2. The Morgan fingerprint density at radius 3 is 2.57 bits per heavy atom. The molecule has 23 heavy (non-hydrogen) atoms. The molecule has 126 valence electrons. The maximum atomic E-state index is 12.7. The third-order valence-corrected chi connectivity index (χ3v) is 5.38. The molecule has 0 heterocycles. The average Bonchev–Trinajstić information content (AvgIpc) is 3.31. The summed E-state index contributed by atoms with van der Waals surface area (Å²) in [5.74, 6) is 0.625. The minimum Gasteiger partial charge on any atom is -0.319 e. The number of carbonyl (C=O) groups is 1. The Labute approximate surface area is 138 Å². The number of amides is 2. The fourth-order valence-electron chi connectivity index (χ4n) is 3.07. The van der Waals surface area contributed by atoms with Gasteiger partial charge in [0.1, 0.15) is 0 Å². The average molecular weight is 336 g/mol. The Morgan fingerprint density at radius 1 is 1.30 bits per heavy atom. The lowest BCUT2D eigenvalue weighted by atomic mass is 10.2. The van der Waals surface area contributed by atoms with Gasteiger partial charge in [0.2, 0.25) is 0 Å². The van der Waals surface area contributed by atoms with Crippen molar-refractivity contribution in [2.45, 2.75) is 50.4 Å². The largest absolute Gasteiger partial charge is 0.322 e. The molecule has 0 saturated heterocycles. The molecular formula is C17H24N2O3S. The highest BCUT2D eigenvalue weighted by molar-refractivity contribution is 7.89. The van der Waals surface area contributed by atoms with Crippen LogP contribution < -0.4 is 5.32 Å². The number of sulfone groups is 1. The van der Waals surface area contributed by atoms with Crippen LogP contribution in [0.2, 0.25) is 0 Å². The SMILES string of the molecule is CC(C1CC1)N(C(=O)Nc1cccc(CS(C)(=O)=O)c1)C1CC1. The molecular weight excluding hydrogens is 312 g/mol. The van der Waals surface area contributed by atoms with E-state index in [2.05, 4.69) is 12.2 Å². The molecule has 5 nitrogen and oxygen atoms in total. The molecule has 3 rings (SSSR count). The zero-order chi connectivity index (χ0) is 16.6. The zero-order valence-electron chi connectivity index (χ0n) is 13.7. The predicted octanol–water partition coefficient (Wildman–Crippen LogP) is 3.03. The molecule has 1 aromatic rings. The Hall–Kier alpha value is -1.56. The van der Waals surface area contributed by atoms with Gasteiger partial charge in [0.05, 0.1) is 5.75 Å². The summed E-state index contributed by atoms with van der Waals surface area (Å²) in [7, 11) is -3.08. The van der Waals surface area contributed by atoms with E-state index < -0.39 is 9.84 Å². The molecule has 0 bridgehead atoms. The van der Waals surface area contributed by atoms with Gasteiger partial charge in [0.25, 0.3) is 0 Å². The van der Waals surface area contributed by atoms with Crippen molar-refractivity contribution in [1.82, 2.24) is 4.90 Å². The van der Waals surface area contributed by atoms with Crippen LogP contribution in [0.5, 0.6) is 0 Å². The van der Waals surface area contributed by atoms with Gasteiger partial charge in [-0.3, -0.25) is 0 Å². The molecule has 0 spiro atoms. The molecule has 2 aliphatic rings. The summed E-state index contributed by atoms with van der Waals surface area (Å²) in [6.07, 6.45) is 5.80. The number of rotatable bonds is 6. The quantitative estimate of drug-likeness (QED) is 0.868. The van der Waals surface area contributed by atoms with Crippen LogP contribution in [-0.2, 0) is 15.6 Å². The van der Waals surface area contributed by atoms with Crippen LogP contribution in [0.3, 0.4) is 0 Å². The normalized spacial score (nSPS) is 19.2. The molecule has 2 saturated carbocycles. The lowest BCUT2D eigenvalue weighted by Gasteiger charge is -2.29. The van der Waals surface area contributed by atoms with E-state index in [1.165, 1.54) is 19.1 Å². The van der Waals surface area contributed by atoms with Crippen molar-refractivity contribution in [2.75, 3.05) is 11.6 Å². The maximum Gasteiger partial charge on any atom is 0.322 e. The third-order valence-electron chi connectivity index (χ3n) is 4.52. The Morgan fingerprint density at radius 2 is 2.00 bits per heavy atom. The van der Waals surface area contributed by atoms with Crippen molar-refractivity contribution >= 4 is 21.6 Å². The highest BCUT2D eigenvalue weighted by Gasteiger charge is 2.41. The van der Waals surface area contributed by atoms with E-state index in [9.17, 15) is 13.2 Å². The van der Waals surface area contributed by atoms with E-state index in [0.29, 0.717) is 23.2 Å². The van der Waals surface area contributed by atoms with Gasteiger partial charge < -0.3 is 10.2 Å². The minimum absolute atomic E-state index is 0.0124. The molecule has 1 aromatic carbocycles. The number of urea groups is 1. The van der Waals surface area contributed by atoms with Crippen LogP contribution in [0.15, 0.2) is 24.3 Å². The van der Waals surface area contributed by atoms with Crippen LogP contribution >= 0.6 is 0 Å². The second kappa shape index (κ2) is 6.15.